The summed E-state index contributed by atoms with van der Waals surface area (Å²) in [6.07, 6.45) is 0.839. The lowest BCUT2D eigenvalue weighted by molar-refractivity contribution is -0.110. The number of hydrogen-bond donors (Lipinski definition) is 1. The van der Waals surface area contributed by atoms with E-state index in [-0.39, 0.29) is 5.91 Å². The molecule has 1 heterocycles. The lowest BCUT2D eigenvalue weighted by Crippen LogP contribution is -2.14. The lowest BCUT2D eigenvalue weighted by atomic mass is 10.0. The molecule has 22 heavy (non-hydrogen) atoms. The molecule has 0 spiro atoms. The molecule has 1 aliphatic rings. The Morgan fingerprint density at radius 3 is 2.82 bits per heavy atom. The fraction of sp³-hybridized carbons (Fsp3) is 0.176. The Morgan fingerprint density at radius 1 is 1.32 bits per heavy atom. The number of carbonyl (C=O) groups is 1. The second-order valence-electron chi connectivity index (χ2n) is 5.14. The number of nitrogens with one attached hydrogen (secondary N) is 1. The molecule has 0 unspecified atom stereocenters. The van der Waals surface area contributed by atoms with Gasteiger partial charge in [0.05, 0.1) is 11.4 Å². The maximum absolute atomic E-state index is 12.3. The zero-order valence-corrected chi connectivity index (χ0v) is 14.5. The third kappa shape index (κ3) is 2.57. The molecule has 0 aliphatic carbocycles. The Kier molecular flexibility index (Phi) is 4.06. The zero-order valence-electron chi connectivity index (χ0n) is 12.2. The van der Waals surface area contributed by atoms with Crippen molar-refractivity contribution in [3.63, 3.8) is 0 Å². The van der Waals surface area contributed by atoms with E-state index in [0.717, 1.165) is 33.3 Å². The van der Waals surface area contributed by atoms with Crippen LogP contribution in [0, 0.1) is 6.92 Å². The van der Waals surface area contributed by atoms with Gasteiger partial charge in [0.2, 0.25) is 0 Å². The number of amides is 1. The summed E-state index contributed by atoms with van der Waals surface area (Å²) < 4.78 is 0.940. The van der Waals surface area contributed by atoms with Gasteiger partial charge in [0.1, 0.15) is 5.71 Å². The second kappa shape index (κ2) is 5.86. The van der Waals surface area contributed by atoms with Gasteiger partial charge in [-0.1, -0.05) is 40.5 Å². The molecule has 112 valence electrons. The van der Waals surface area contributed by atoms with Crippen LogP contribution >= 0.6 is 27.5 Å². The number of benzene rings is 2. The average Bonchev–Trinajstić information content (AvgIpc) is 2.79. The van der Waals surface area contributed by atoms with Gasteiger partial charge in [-0.3, -0.25) is 4.79 Å². The largest absolute Gasteiger partial charge is 0.320 e. The summed E-state index contributed by atoms with van der Waals surface area (Å²) in [4.78, 5) is 16.9. The van der Waals surface area contributed by atoms with Crippen LogP contribution in [0.25, 0.3) is 0 Å². The van der Waals surface area contributed by atoms with E-state index in [4.69, 9.17) is 11.6 Å². The molecule has 0 radical (unpaired) electrons. The minimum atomic E-state index is -0.179. The molecule has 3 nitrogen and oxygen atoms in total. The van der Waals surface area contributed by atoms with E-state index < -0.39 is 0 Å². The highest BCUT2D eigenvalue weighted by molar-refractivity contribution is 9.10. The SMILES string of the molecule is CCc1cc(Br)cc2c1NC(=O)C2=Nc1cccc(Cl)c1C. The summed E-state index contributed by atoms with van der Waals surface area (Å²) >= 11 is 9.63. The first kappa shape index (κ1) is 15.3. The van der Waals surface area contributed by atoms with Crippen LogP contribution in [0.3, 0.4) is 0 Å². The minimum Gasteiger partial charge on any atom is -0.320 e. The molecule has 5 heteroatoms. The van der Waals surface area contributed by atoms with E-state index in [1.54, 1.807) is 0 Å². The first-order valence-corrected chi connectivity index (χ1v) is 8.16. The third-order valence-electron chi connectivity index (χ3n) is 3.75. The molecular formula is C17H14BrClN2O. The molecule has 0 bridgehead atoms. The first-order chi connectivity index (χ1) is 10.5. The van der Waals surface area contributed by atoms with Gasteiger partial charge < -0.3 is 5.32 Å². The van der Waals surface area contributed by atoms with Crippen molar-refractivity contribution in [1.29, 1.82) is 0 Å². The summed E-state index contributed by atoms with van der Waals surface area (Å²) in [6.45, 7) is 3.96. The van der Waals surface area contributed by atoms with Gasteiger partial charge in [0.15, 0.2) is 0 Å². The monoisotopic (exact) mass is 376 g/mol. The number of aliphatic imine (C=N–C) groups is 1. The molecule has 0 aromatic heterocycles. The Hall–Kier alpha value is -1.65. The Bertz CT molecular complexity index is 815. The van der Waals surface area contributed by atoms with Gasteiger partial charge in [-0.2, -0.15) is 0 Å². The minimum absolute atomic E-state index is 0.179. The molecule has 1 aliphatic heterocycles. The molecule has 0 fully saturated rings. The maximum Gasteiger partial charge on any atom is 0.275 e. The molecule has 0 saturated carbocycles. The van der Waals surface area contributed by atoms with Crippen LogP contribution in [0.15, 0.2) is 39.8 Å². The highest BCUT2D eigenvalue weighted by atomic mass is 79.9. The second-order valence-corrected chi connectivity index (χ2v) is 6.46. The zero-order chi connectivity index (χ0) is 15.9. The molecule has 0 saturated heterocycles. The van der Waals surface area contributed by atoms with Crippen LogP contribution in [0.5, 0.6) is 0 Å². The Labute approximate surface area is 142 Å². The topological polar surface area (TPSA) is 41.5 Å². The molecule has 1 amide bonds. The van der Waals surface area contributed by atoms with Crippen molar-refractivity contribution in [2.24, 2.45) is 4.99 Å². The van der Waals surface area contributed by atoms with Crippen LogP contribution in [0.4, 0.5) is 11.4 Å². The van der Waals surface area contributed by atoms with Gasteiger partial charge >= 0.3 is 0 Å². The van der Waals surface area contributed by atoms with Crippen molar-refractivity contribution >= 4 is 50.5 Å². The number of anilines is 1. The Balaban J connectivity index is 2.18. The van der Waals surface area contributed by atoms with Gasteiger partial charge in [0.25, 0.3) is 5.91 Å². The highest BCUT2D eigenvalue weighted by Crippen LogP contribution is 2.34. The van der Waals surface area contributed by atoms with Gasteiger partial charge in [0, 0.05) is 15.1 Å². The number of halogens is 2. The van der Waals surface area contributed by atoms with Crippen molar-refractivity contribution in [3.05, 3.63) is 56.5 Å². The number of hydrogen-bond acceptors (Lipinski definition) is 2. The van der Waals surface area contributed by atoms with Crippen LogP contribution in [-0.4, -0.2) is 11.6 Å². The van der Waals surface area contributed by atoms with Crippen LogP contribution in [0.1, 0.15) is 23.6 Å². The molecule has 1 N–H and O–H groups in total. The van der Waals surface area contributed by atoms with Gasteiger partial charge in [-0.15, -0.1) is 0 Å². The molecule has 3 rings (SSSR count). The standard InChI is InChI=1S/C17H14BrClN2O/c1-3-10-7-11(18)8-12-15(10)21-17(22)16(12)20-14-6-4-5-13(19)9(14)2/h4-8H,3H2,1-2H3,(H,20,21,22). The normalized spacial score (nSPS) is 15.1. The van der Waals surface area contributed by atoms with Crippen LogP contribution in [0.2, 0.25) is 5.02 Å². The van der Waals surface area contributed by atoms with Crippen molar-refractivity contribution < 1.29 is 4.79 Å². The fourth-order valence-corrected chi connectivity index (χ4v) is 3.20. The van der Waals surface area contributed by atoms with Gasteiger partial charge in [-0.05, 0) is 48.7 Å². The lowest BCUT2D eigenvalue weighted by Gasteiger charge is -2.06. The molecule has 0 atom stereocenters. The smallest absolute Gasteiger partial charge is 0.275 e. The summed E-state index contributed by atoms with van der Waals surface area (Å²) in [6, 6.07) is 9.45. The van der Waals surface area contributed by atoms with Crippen molar-refractivity contribution in [2.75, 3.05) is 5.32 Å². The van der Waals surface area contributed by atoms with E-state index >= 15 is 0 Å². The van der Waals surface area contributed by atoms with Crippen LogP contribution in [-0.2, 0) is 11.2 Å². The first-order valence-electron chi connectivity index (χ1n) is 6.99. The van der Waals surface area contributed by atoms with Crippen LogP contribution < -0.4 is 5.32 Å². The third-order valence-corrected chi connectivity index (χ3v) is 4.61. The highest BCUT2D eigenvalue weighted by Gasteiger charge is 2.28. The number of nitrogens with zero attached hydrogens (tertiary/aromatic N) is 1. The van der Waals surface area contributed by atoms with Crippen molar-refractivity contribution in [2.45, 2.75) is 20.3 Å². The van der Waals surface area contributed by atoms with E-state index in [1.807, 2.05) is 37.3 Å². The maximum atomic E-state index is 12.3. The predicted octanol–water partition coefficient (Wildman–Crippen LogP) is 5.05. The summed E-state index contributed by atoms with van der Waals surface area (Å²) in [5, 5.41) is 3.57. The summed E-state index contributed by atoms with van der Waals surface area (Å²) in [7, 11) is 0. The molecular weight excluding hydrogens is 364 g/mol. The quantitative estimate of drug-likeness (QED) is 0.782. The fourth-order valence-electron chi connectivity index (χ4n) is 2.52. The van der Waals surface area contributed by atoms with Crippen molar-refractivity contribution in [3.8, 4) is 0 Å². The van der Waals surface area contributed by atoms with Gasteiger partial charge in [-0.25, -0.2) is 4.99 Å². The summed E-state index contributed by atoms with van der Waals surface area (Å²) in [5.41, 5.74) is 4.78. The van der Waals surface area contributed by atoms with E-state index in [2.05, 4.69) is 33.2 Å². The van der Waals surface area contributed by atoms with E-state index in [0.29, 0.717) is 16.4 Å². The van der Waals surface area contributed by atoms with E-state index in [9.17, 15) is 4.79 Å². The number of aryl methyl sites for hydroxylation is 1. The van der Waals surface area contributed by atoms with Crippen molar-refractivity contribution in [1.82, 2.24) is 0 Å². The predicted molar refractivity (Wildman–Crippen MR) is 94.5 cm³/mol. The summed E-state index contributed by atoms with van der Waals surface area (Å²) in [5.74, 6) is -0.179. The number of fused-ring (bicyclic) bond motifs is 1. The average molecular weight is 378 g/mol. The molecule has 2 aromatic rings. The van der Waals surface area contributed by atoms with E-state index in [1.165, 1.54) is 0 Å². The Morgan fingerprint density at radius 2 is 2.09 bits per heavy atom. The number of rotatable bonds is 2. The number of carbonyl (C=O) groups excluding carboxylic acids is 1. The molecule has 2 aromatic carbocycles.